The minimum absolute atomic E-state index is 0.799. The molecule has 0 bridgehead atoms. The highest BCUT2D eigenvalue weighted by Crippen LogP contribution is 2.43. The average molecular weight is 1210 g/mol. The van der Waals surface area contributed by atoms with E-state index in [4.69, 9.17) is 0 Å². The maximum Gasteiger partial charge on any atom is 0.0676 e. The highest BCUT2D eigenvalue weighted by Gasteiger charge is 2.29. The monoisotopic (exact) mass is 1210 g/mol. The number of halogens is 2. The predicted molar refractivity (Wildman–Crippen MR) is 359 cm³/mol. The number of benzene rings is 4. The van der Waals surface area contributed by atoms with E-state index in [-0.39, 0.29) is 0 Å². The molecule has 4 aromatic carbocycles. The standard InChI is InChI=1S/C76H110Br2N2/c1-3-5-7-9-11-13-15-17-19-21-23-25-27-29-31-33-35-37-41-61-47-57-73-69(59-61)67-43-39-45-71(77)75(67)79(73)65-53-49-63(50-54-65)64-51-55-66(56-52-64)80-74-58-48-62(60-70(74)68-44-40-46-72(78)76(68)80)42-38-36-34-32-30-28-26-24-22-20-18-16-14-12-10-8-6-4-2/h39-40,43-46,49-56,61-62H,3-38,41-42,47-48,57-60H2,1-2H3. The molecule has 0 spiro atoms. The number of para-hydroxylation sites is 2. The van der Waals surface area contributed by atoms with Gasteiger partial charge in [-0.3, -0.25) is 0 Å². The minimum Gasteiger partial charge on any atom is -0.312 e. The summed E-state index contributed by atoms with van der Waals surface area (Å²) < 4.78 is 7.59. The quantitative estimate of drug-likeness (QED) is 0.0339. The van der Waals surface area contributed by atoms with Crippen molar-refractivity contribution in [2.75, 3.05) is 0 Å². The molecule has 2 aliphatic carbocycles. The third kappa shape index (κ3) is 19.0. The van der Waals surface area contributed by atoms with Crippen LogP contribution in [-0.4, -0.2) is 9.13 Å². The number of nitrogens with zero attached hydrogens (tertiary/aromatic N) is 2. The molecule has 4 heteroatoms. The average Bonchev–Trinajstić information content (AvgIpc) is 4.19. The molecular formula is C76H110Br2N2. The molecule has 0 N–H and O–H groups in total. The highest BCUT2D eigenvalue weighted by molar-refractivity contribution is 9.11. The summed E-state index contributed by atoms with van der Waals surface area (Å²) in [6.45, 7) is 4.63. The van der Waals surface area contributed by atoms with Crippen molar-refractivity contribution >= 4 is 53.7 Å². The second-order valence-electron chi connectivity index (χ2n) is 25.7. The van der Waals surface area contributed by atoms with Gasteiger partial charge in [-0.15, -0.1) is 0 Å². The lowest BCUT2D eigenvalue weighted by Gasteiger charge is -2.24. The Morgan fingerprint density at radius 1 is 0.338 bits per heavy atom. The van der Waals surface area contributed by atoms with Crippen LogP contribution in [0.2, 0.25) is 0 Å². The van der Waals surface area contributed by atoms with E-state index in [0.29, 0.717) is 0 Å². The zero-order valence-corrected chi connectivity index (χ0v) is 54.2. The van der Waals surface area contributed by atoms with Crippen molar-refractivity contribution in [1.82, 2.24) is 9.13 Å². The molecule has 2 heterocycles. The fourth-order valence-corrected chi connectivity index (χ4v) is 15.7. The lowest BCUT2D eigenvalue weighted by molar-refractivity contribution is 0.401. The van der Waals surface area contributed by atoms with Crippen LogP contribution in [0.25, 0.3) is 44.3 Å². The molecule has 0 fully saturated rings. The van der Waals surface area contributed by atoms with Crippen LogP contribution in [0, 0.1) is 11.8 Å². The summed E-state index contributed by atoms with van der Waals surface area (Å²) in [6.07, 6.45) is 62.1. The van der Waals surface area contributed by atoms with Crippen molar-refractivity contribution in [3.05, 3.63) is 116 Å². The van der Waals surface area contributed by atoms with Gasteiger partial charge in [0.15, 0.2) is 0 Å². The third-order valence-corrected chi connectivity index (χ3v) is 20.7. The van der Waals surface area contributed by atoms with Gasteiger partial charge in [0.25, 0.3) is 0 Å². The van der Waals surface area contributed by atoms with Gasteiger partial charge in [-0.05, 0) is 141 Å². The maximum atomic E-state index is 4.02. The van der Waals surface area contributed by atoms with Gasteiger partial charge < -0.3 is 9.13 Å². The van der Waals surface area contributed by atoms with Crippen molar-refractivity contribution in [3.8, 4) is 22.5 Å². The molecule has 6 aromatic rings. The summed E-state index contributed by atoms with van der Waals surface area (Å²) in [5.41, 5.74) is 14.0. The van der Waals surface area contributed by atoms with Gasteiger partial charge in [0.05, 0.1) is 11.0 Å². The Hall–Kier alpha value is -3.08. The Morgan fingerprint density at radius 3 is 0.900 bits per heavy atom. The first kappa shape index (κ1) is 63.0. The summed E-state index contributed by atoms with van der Waals surface area (Å²) in [7, 11) is 0. The smallest absolute Gasteiger partial charge is 0.0676 e. The van der Waals surface area contributed by atoms with Crippen LogP contribution in [0.15, 0.2) is 93.9 Å². The molecule has 2 nitrogen and oxygen atoms in total. The Kier molecular flexibility index (Phi) is 28.3. The topological polar surface area (TPSA) is 9.86 Å². The molecule has 0 radical (unpaired) electrons. The summed E-state index contributed by atoms with van der Waals surface area (Å²) in [5, 5.41) is 2.89. The number of unbranched alkanes of at least 4 members (excludes halogenated alkanes) is 34. The molecule has 2 aromatic heterocycles. The fourth-order valence-electron chi connectivity index (χ4n) is 14.6. The molecule has 8 rings (SSSR count). The van der Waals surface area contributed by atoms with E-state index < -0.39 is 0 Å². The number of aromatic nitrogens is 2. The molecule has 0 saturated heterocycles. The van der Waals surface area contributed by atoms with E-state index in [1.807, 2.05) is 0 Å². The first-order valence-corrected chi connectivity index (χ1v) is 36.0. The number of rotatable bonds is 41. The number of fused-ring (bicyclic) bond motifs is 6. The fraction of sp³-hybridized carbons (Fsp3) is 0.632. The summed E-state index contributed by atoms with van der Waals surface area (Å²) in [6, 6.07) is 32.6. The van der Waals surface area contributed by atoms with Gasteiger partial charge in [0.2, 0.25) is 0 Å². The Balaban J connectivity index is 0.765. The minimum atomic E-state index is 0.799. The molecule has 2 atom stereocenters. The lowest BCUT2D eigenvalue weighted by atomic mass is 9.83. The molecule has 0 amide bonds. The van der Waals surface area contributed by atoms with Crippen LogP contribution in [0.4, 0.5) is 0 Å². The van der Waals surface area contributed by atoms with Crippen LogP contribution in [0.5, 0.6) is 0 Å². The molecule has 0 aliphatic heterocycles. The van der Waals surface area contributed by atoms with Crippen molar-refractivity contribution in [2.45, 2.75) is 296 Å². The van der Waals surface area contributed by atoms with E-state index in [0.717, 1.165) is 24.7 Å². The number of hydrogen-bond acceptors (Lipinski definition) is 0. The first-order valence-electron chi connectivity index (χ1n) is 34.4. The normalized spacial score (nSPS) is 15.3. The Labute approximate surface area is 506 Å². The van der Waals surface area contributed by atoms with Gasteiger partial charge in [-0.25, -0.2) is 0 Å². The Bertz CT molecular complexity index is 2460. The second kappa shape index (κ2) is 35.9. The van der Waals surface area contributed by atoms with E-state index >= 15 is 0 Å². The Morgan fingerprint density at radius 2 is 0.613 bits per heavy atom. The summed E-state index contributed by atoms with van der Waals surface area (Å²) in [5.74, 6) is 1.60. The zero-order valence-electron chi connectivity index (χ0n) is 51.0. The predicted octanol–water partition coefficient (Wildman–Crippen LogP) is 25.8. The van der Waals surface area contributed by atoms with Crippen molar-refractivity contribution in [1.29, 1.82) is 0 Å². The van der Waals surface area contributed by atoms with Crippen LogP contribution in [0.3, 0.4) is 0 Å². The van der Waals surface area contributed by atoms with Crippen LogP contribution < -0.4 is 0 Å². The lowest BCUT2D eigenvalue weighted by Crippen LogP contribution is -2.16. The van der Waals surface area contributed by atoms with Crippen LogP contribution >= 0.6 is 31.9 Å². The zero-order chi connectivity index (χ0) is 55.4. The molecule has 2 aliphatic rings. The molecule has 0 saturated carbocycles. The summed E-state index contributed by atoms with van der Waals surface area (Å²) >= 11 is 8.05. The SMILES string of the molecule is CCCCCCCCCCCCCCCCCCCCC1CCc2c(c3cccc(Br)c3n2-c2ccc(-c3ccc(-n4c5c(c6cccc(Br)c64)CC(CCCCCCCCCCCCCCCCCCCC)CC5)cc3)cc2)C1. The molecule has 80 heavy (non-hydrogen) atoms. The highest BCUT2D eigenvalue weighted by atomic mass is 79.9. The van der Waals surface area contributed by atoms with Gasteiger partial charge in [0.1, 0.15) is 0 Å². The van der Waals surface area contributed by atoms with Gasteiger partial charge in [-0.2, -0.15) is 0 Å². The van der Waals surface area contributed by atoms with Gasteiger partial charge in [-0.1, -0.05) is 306 Å². The van der Waals surface area contributed by atoms with E-state index in [2.05, 4.69) is 140 Å². The maximum absolute atomic E-state index is 4.02. The van der Waals surface area contributed by atoms with Crippen LogP contribution in [-0.2, 0) is 25.7 Å². The third-order valence-electron chi connectivity index (χ3n) is 19.4. The van der Waals surface area contributed by atoms with Gasteiger partial charge >= 0.3 is 0 Å². The molecule has 438 valence electrons. The van der Waals surface area contributed by atoms with Crippen LogP contribution in [0.1, 0.15) is 293 Å². The summed E-state index contributed by atoms with van der Waals surface area (Å²) in [4.78, 5) is 0. The number of hydrogen-bond donors (Lipinski definition) is 0. The first-order chi connectivity index (χ1) is 39.6. The van der Waals surface area contributed by atoms with E-state index in [1.165, 1.54) is 334 Å². The van der Waals surface area contributed by atoms with E-state index in [9.17, 15) is 0 Å². The largest absolute Gasteiger partial charge is 0.312 e. The van der Waals surface area contributed by atoms with Crippen molar-refractivity contribution < 1.29 is 0 Å². The van der Waals surface area contributed by atoms with Crippen molar-refractivity contribution in [2.24, 2.45) is 11.8 Å². The van der Waals surface area contributed by atoms with E-state index in [1.54, 1.807) is 11.1 Å². The van der Waals surface area contributed by atoms with Crippen molar-refractivity contribution in [3.63, 3.8) is 0 Å². The van der Waals surface area contributed by atoms with Gasteiger partial charge in [0, 0.05) is 42.5 Å². The molecule has 2 unspecified atom stereocenters. The molecular weight excluding hydrogens is 1100 g/mol. The second-order valence-corrected chi connectivity index (χ2v) is 27.4.